The number of ether oxygens (including phenoxy) is 1. The summed E-state index contributed by atoms with van der Waals surface area (Å²) < 4.78 is 31.8. The van der Waals surface area contributed by atoms with Gasteiger partial charge in [-0.25, -0.2) is 13.1 Å². The van der Waals surface area contributed by atoms with Crippen molar-refractivity contribution >= 4 is 27.2 Å². The topological polar surface area (TPSA) is 81.4 Å². The largest absolute Gasteiger partial charge is 0.389 e. The van der Waals surface area contributed by atoms with E-state index in [9.17, 15) is 8.42 Å². The molecule has 1 aromatic rings. The SMILES string of the molecule is CCCOCCCNS(=O)(=O)Cc1cccc(C(N)=S)c1. The fourth-order valence-corrected chi connectivity index (χ4v) is 3.04. The van der Waals surface area contributed by atoms with Crippen LogP contribution in [0.2, 0.25) is 0 Å². The molecule has 0 radical (unpaired) electrons. The Bertz CT molecular complexity index is 559. The molecule has 0 aromatic heterocycles. The number of hydrogen-bond acceptors (Lipinski definition) is 4. The van der Waals surface area contributed by atoms with Gasteiger partial charge in [-0.3, -0.25) is 0 Å². The summed E-state index contributed by atoms with van der Waals surface area (Å²) >= 11 is 4.88. The lowest BCUT2D eigenvalue weighted by molar-refractivity contribution is 0.133. The first kappa shape index (κ1) is 18.0. The Morgan fingerprint density at radius 3 is 2.81 bits per heavy atom. The van der Waals surface area contributed by atoms with E-state index in [4.69, 9.17) is 22.7 Å². The Kier molecular flexibility index (Phi) is 7.81. The summed E-state index contributed by atoms with van der Waals surface area (Å²) in [6, 6.07) is 6.95. The Balaban J connectivity index is 2.45. The van der Waals surface area contributed by atoms with Crippen LogP contribution in [0.4, 0.5) is 0 Å². The zero-order chi connectivity index (χ0) is 15.7. The van der Waals surface area contributed by atoms with Crippen LogP contribution in [-0.4, -0.2) is 33.2 Å². The first-order chi connectivity index (χ1) is 9.94. The van der Waals surface area contributed by atoms with E-state index in [1.54, 1.807) is 24.3 Å². The quantitative estimate of drug-likeness (QED) is 0.502. The second-order valence-electron chi connectivity index (χ2n) is 4.68. The molecule has 7 heteroatoms. The molecule has 5 nitrogen and oxygen atoms in total. The summed E-state index contributed by atoms with van der Waals surface area (Å²) in [5.41, 5.74) is 6.87. The van der Waals surface area contributed by atoms with Gasteiger partial charge in [0.05, 0.1) is 5.75 Å². The zero-order valence-corrected chi connectivity index (χ0v) is 13.8. The summed E-state index contributed by atoms with van der Waals surface area (Å²) in [4.78, 5) is 0.260. The number of nitrogens with two attached hydrogens (primary N) is 1. The van der Waals surface area contributed by atoms with Crippen LogP contribution in [-0.2, 0) is 20.5 Å². The second-order valence-corrected chi connectivity index (χ2v) is 6.93. The molecular weight excluding hydrogens is 308 g/mol. The highest BCUT2D eigenvalue weighted by atomic mass is 32.2. The third kappa shape index (κ3) is 7.52. The molecule has 1 rings (SSSR count). The molecule has 0 aliphatic rings. The van der Waals surface area contributed by atoms with Crippen molar-refractivity contribution in [2.24, 2.45) is 5.73 Å². The van der Waals surface area contributed by atoms with Gasteiger partial charge in [0.2, 0.25) is 10.0 Å². The van der Waals surface area contributed by atoms with Crippen molar-refractivity contribution in [2.45, 2.75) is 25.5 Å². The lowest BCUT2D eigenvalue weighted by atomic mass is 10.1. The van der Waals surface area contributed by atoms with Crippen molar-refractivity contribution in [1.82, 2.24) is 4.72 Å². The summed E-state index contributed by atoms with van der Waals surface area (Å²) in [7, 11) is -3.36. The highest BCUT2D eigenvalue weighted by Gasteiger charge is 2.11. The van der Waals surface area contributed by atoms with Crippen molar-refractivity contribution in [3.8, 4) is 0 Å². The summed E-state index contributed by atoms with van der Waals surface area (Å²) in [6.07, 6.45) is 1.62. The molecule has 118 valence electrons. The smallest absolute Gasteiger partial charge is 0.215 e. The molecule has 0 spiro atoms. The molecule has 0 atom stereocenters. The Morgan fingerprint density at radius 2 is 2.14 bits per heavy atom. The second kappa shape index (κ2) is 9.09. The molecule has 3 N–H and O–H groups in total. The van der Waals surface area contributed by atoms with E-state index in [-0.39, 0.29) is 10.7 Å². The molecule has 0 amide bonds. The van der Waals surface area contributed by atoms with Gasteiger partial charge in [-0.05, 0) is 24.5 Å². The summed E-state index contributed by atoms with van der Waals surface area (Å²) in [6.45, 7) is 3.68. The molecule has 0 aliphatic carbocycles. The standard InChI is InChI=1S/C14H22N2O3S2/c1-2-8-19-9-4-7-16-21(17,18)11-12-5-3-6-13(10-12)14(15)20/h3,5-6,10,16H,2,4,7-9,11H2,1H3,(H2,15,20). The van der Waals surface area contributed by atoms with Crippen LogP contribution >= 0.6 is 12.2 Å². The molecule has 21 heavy (non-hydrogen) atoms. The number of rotatable bonds is 10. The average molecular weight is 330 g/mol. The highest BCUT2D eigenvalue weighted by molar-refractivity contribution is 7.88. The Morgan fingerprint density at radius 1 is 1.38 bits per heavy atom. The van der Waals surface area contributed by atoms with Gasteiger partial charge in [0.25, 0.3) is 0 Å². The lowest BCUT2D eigenvalue weighted by Crippen LogP contribution is -2.27. The van der Waals surface area contributed by atoms with E-state index in [1.165, 1.54) is 0 Å². The van der Waals surface area contributed by atoms with Crippen LogP contribution < -0.4 is 10.5 Å². The predicted molar refractivity (Wildman–Crippen MR) is 88.7 cm³/mol. The van der Waals surface area contributed by atoms with E-state index >= 15 is 0 Å². The number of benzene rings is 1. The van der Waals surface area contributed by atoms with Gasteiger partial charge < -0.3 is 10.5 Å². The highest BCUT2D eigenvalue weighted by Crippen LogP contribution is 2.08. The Labute approximate surface area is 131 Å². The van der Waals surface area contributed by atoms with E-state index in [2.05, 4.69) is 4.72 Å². The predicted octanol–water partition coefficient (Wildman–Crippen LogP) is 1.56. The molecule has 0 saturated carbocycles. The van der Waals surface area contributed by atoms with Gasteiger partial charge in [-0.15, -0.1) is 0 Å². The van der Waals surface area contributed by atoms with Gasteiger partial charge in [-0.1, -0.05) is 37.3 Å². The number of thiocarbonyl (C=S) groups is 1. The minimum absolute atomic E-state index is 0.0841. The molecule has 0 aliphatic heterocycles. The summed E-state index contributed by atoms with van der Waals surface area (Å²) in [5, 5.41) is 0. The van der Waals surface area contributed by atoms with E-state index < -0.39 is 10.0 Å². The van der Waals surface area contributed by atoms with Crippen LogP contribution in [0.25, 0.3) is 0 Å². The first-order valence-electron chi connectivity index (χ1n) is 6.88. The van der Waals surface area contributed by atoms with Crippen LogP contribution in [0.5, 0.6) is 0 Å². The molecule has 0 bridgehead atoms. The fourth-order valence-electron chi connectivity index (χ4n) is 1.73. The third-order valence-electron chi connectivity index (χ3n) is 2.70. The van der Waals surface area contributed by atoms with Crippen LogP contribution in [0, 0.1) is 0 Å². The van der Waals surface area contributed by atoms with Gasteiger partial charge in [0.15, 0.2) is 0 Å². The van der Waals surface area contributed by atoms with Gasteiger partial charge >= 0.3 is 0 Å². The number of sulfonamides is 1. The van der Waals surface area contributed by atoms with Crippen molar-refractivity contribution in [3.05, 3.63) is 35.4 Å². The minimum atomic E-state index is -3.36. The lowest BCUT2D eigenvalue weighted by Gasteiger charge is -2.08. The van der Waals surface area contributed by atoms with Crippen molar-refractivity contribution in [1.29, 1.82) is 0 Å². The van der Waals surface area contributed by atoms with Crippen LogP contribution in [0.3, 0.4) is 0 Å². The zero-order valence-electron chi connectivity index (χ0n) is 12.2. The fraction of sp³-hybridized carbons (Fsp3) is 0.500. The van der Waals surface area contributed by atoms with Gasteiger partial charge in [-0.2, -0.15) is 0 Å². The maximum Gasteiger partial charge on any atom is 0.215 e. The molecule has 1 aromatic carbocycles. The molecule has 0 saturated heterocycles. The molecule has 0 heterocycles. The van der Waals surface area contributed by atoms with Gasteiger partial charge in [0.1, 0.15) is 4.99 Å². The minimum Gasteiger partial charge on any atom is -0.389 e. The van der Waals surface area contributed by atoms with E-state index in [0.717, 1.165) is 6.42 Å². The average Bonchev–Trinajstić information content (AvgIpc) is 2.42. The number of nitrogens with one attached hydrogen (secondary N) is 1. The molecule has 0 unspecified atom stereocenters. The van der Waals surface area contributed by atoms with E-state index in [1.807, 2.05) is 6.92 Å². The maximum atomic E-state index is 12.0. The Hall–Kier alpha value is -1.02. The number of hydrogen-bond donors (Lipinski definition) is 2. The van der Waals surface area contributed by atoms with E-state index in [0.29, 0.717) is 37.3 Å². The third-order valence-corrected chi connectivity index (χ3v) is 4.30. The van der Waals surface area contributed by atoms with Crippen LogP contribution in [0.1, 0.15) is 30.9 Å². The van der Waals surface area contributed by atoms with Crippen molar-refractivity contribution in [2.75, 3.05) is 19.8 Å². The maximum absolute atomic E-state index is 12.0. The molecule has 0 fully saturated rings. The summed E-state index contributed by atoms with van der Waals surface area (Å²) in [5.74, 6) is -0.0841. The van der Waals surface area contributed by atoms with Crippen molar-refractivity contribution in [3.63, 3.8) is 0 Å². The van der Waals surface area contributed by atoms with Crippen molar-refractivity contribution < 1.29 is 13.2 Å². The normalized spacial score (nSPS) is 11.5. The van der Waals surface area contributed by atoms with Gasteiger partial charge in [0, 0.05) is 25.3 Å². The monoisotopic (exact) mass is 330 g/mol. The van der Waals surface area contributed by atoms with Crippen LogP contribution in [0.15, 0.2) is 24.3 Å². The molecular formula is C14H22N2O3S2. The first-order valence-corrected chi connectivity index (χ1v) is 8.94.